The highest BCUT2D eigenvalue weighted by Crippen LogP contribution is 2.19. The van der Waals surface area contributed by atoms with Crippen molar-refractivity contribution in [3.63, 3.8) is 0 Å². The van der Waals surface area contributed by atoms with Gasteiger partial charge in [0.2, 0.25) is 5.91 Å². The number of aliphatic hydroxyl groups excluding tert-OH is 1. The Bertz CT molecular complexity index is 510. The molecule has 0 aliphatic heterocycles. The molecule has 1 amide bonds. The van der Waals surface area contributed by atoms with Crippen LogP contribution in [0.1, 0.15) is 18.5 Å². The van der Waals surface area contributed by atoms with Crippen molar-refractivity contribution in [2.75, 3.05) is 6.54 Å². The van der Waals surface area contributed by atoms with Gasteiger partial charge in [-0.25, -0.2) is 0 Å². The summed E-state index contributed by atoms with van der Waals surface area (Å²) < 4.78 is 37.5. The van der Waals surface area contributed by atoms with Gasteiger partial charge >= 0.3 is 11.0 Å². The van der Waals surface area contributed by atoms with Crippen molar-refractivity contribution in [2.45, 2.75) is 38.6 Å². The normalized spacial score (nSPS) is 13.2. The number of thiazole rings is 1. The fourth-order valence-electron chi connectivity index (χ4n) is 1.49. The third kappa shape index (κ3) is 4.97. The average Bonchev–Trinajstić information content (AvgIpc) is 2.66. The lowest BCUT2D eigenvalue weighted by atomic mass is 10.2. The summed E-state index contributed by atoms with van der Waals surface area (Å²) in [6.45, 7) is 1.24. The third-order valence-corrected chi connectivity index (χ3v) is 3.51. The van der Waals surface area contributed by atoms with Crippen LogP contribution in [0.3, 0.4) is 0 Å². The average molecular weight is 312 g/mol. The fraction of sp³-hybridized carbons (Fsp3) is 0.636. The molecule has 5 nitrogen and oxygen atoms in total. The van der Waals surface area contributed by atoms with Gasteiger partial charge in [0, 0.05) is 24.0 Å². The van der Waals surface area contributed by atoms with Gasteiger partial charge < -0.3 is 15.0 Å². The molecule has 2 N–H and O–H groups in total. The van der Waals surface area contributed by atoms with Gasteiger partial charge in [-0.15, -0.1) is 0 Å². The Balaban J connectivity index is 2.29. The van der Waals surface area contributed by atoms with Crippen LogP contribution in [0.15, 0.2) is 10.2 Å². The van der Waals surface area contributed by atoms with Crippen LogP contribution in [0, 0.1) is 6.92 Å². The Labute approximate surface area is 117 Å². The van der Waals surface area contributed by atoms with Crippen molar-refractivity contribution >= 4 is 17.2 Å². The van der Waals surface area contributed by atoms with Gasteiger partial charge in [-0.2, -0.15) is 13.2 Å². The van der Waals surface area contributed by atoms with E-state index in [1.807, 2.05) is 5.32 Å². The lowest BCUT2D eigenvalue weighted by Crippen LogP contribution is -2.40. The van der Waals surface area contributed by atoms with E-state index in [2.05, 4.69) is 0 Å². The molecule has 0 spiro atoms. The summed E-state index contributed by atoms with van der Waals surface area (Å²) in [4.78, 5) is 22.5. The molecule has 1 heterocycles. The zero-order valence-electron chi connectivity index (χ0n) is 10.7. The summed E-state index contributed by atoms with van der Waals surface area (Å²) in [7, 11) is 0. The summed E-state index contributed by atoms with van der Waals surface area (Å²) in [6, 6.07) is 0. The predicted octanol–water partition coefficient (Wildman–Crippen LogP) is 1.04. The molecule has 0 bridgehead atoms. The number of alkyl halides is 3. The zero-order chi connectivity index (χ0) is 15.3. The monoisotopic (exact) mass is 312 g/mol. The number of hydrogen-bond acceptors (Lipinski definition) is 4. The Kier molecular flexibility index (Phi) is 5.75. The molecule has 9 heteroatoms. The van der Waals surface area contributed by atoms with Crippen LogP contribution in [0.25, 0.3) is 0 Å². The molecule has 20 heavy (non-hydrogen) atoms. The number of aliphatic hydroxyl groups is 1. The Morgan fingerprint density at radius 1 is 1.55 bits per heavy atom. The van der Waals surface area contributed by atoms with Crippen LogP contribution in [0.4, 0.5) is 13.2 Å². The summed E-state index contributed by atoms with van der Waals surface area (Å²) >= 11 is 1.06. The SMILES string of the molecule is Cc1csc(=O)n1CCCC(=O)NCC(O)C(F)(F)F. The fourth-order valence-corrected chi connectivity index (χ4v) is 2.25. The number of aromatic nitrogens is 1. The molecule has 1 rings (SSSR count). The van der Waals surface area contributed by atoms with Gasteiger partial charge in [0.15, 0.2) is 6.10 Å². The van der Waals surface area contributed by atoms with E-state index < -0.39 is 24.7 Å². The van der Waals surface area contributed by atoms with E-state index in [4.69, 9.17) is 5.11 Å². The molecular weight excluding hydrogens is 297 g/mol. The van der Waals surface area contributed by atoms with Gasteiger partial charge in [-0.05, 0) is 13.3 Å². The summed E-state index contributed by atoms with van der Waals surface area (Å²) in [6.07, 6.45) is -6.97. The molecule has 0 saturated carbocycles. The number of aryl methyl sites for hydroxylation is 1. The Morgan fingerprint density at radius 3 is 2.70 bits per heavy atom. The van der Waals surface area contributed by atoms with Crippen molar-refractivity contribution in [1.82, 2.24) is 9.88 Å². The van der Waals surface area contributed by atoms with Gasteiger partial charge in [0.05, 0.1) is 6.54 Å². The number of nitrogens with zero attached hydrogens (tertiary/aromatic N) is 1. The molecule has 1 aromatic rings. The molecule has 0 aliphatic carbocycles. The van der Waals surface area contributed by atoms with E-state index in [9.17, 15) is 22.8 Å². The minimum atomic E-state index is -4.74. The number of amides is 1. The maximum absolute atomic E-state index is 12.0. The minimum absolute atomic E-state index is 0.00764. The Hall–Kier alpha value is -1.35. The molecule has 0 aromatic carbocycles. The second-order valence-corrected chi connectivity index (χ2v) is 5.08. The predicted molar refractivity (Wildman–Crippen MR) is 67.6 cm³/mol. The number of hydrogen-bond donors (Lipinski definition) is 2. The molecule has 114 valence electrons. The largest absolute Gasteiger partial charge is 0.416 e. The van der Waals surface area contributed by atoms with E-state index in [1.165, 1.54) is 4.57 Å². The van der Waals surface area contributed by atoms with E-state index >= 15 is 0 Å². The second kappa shape index (κ2) is 6.89. The van der Waals surface area contributed by atoms with Gasteiger partial charge in [-0.1, -0.05) is 11.3 Å². The van der Waals surface area contributed by atoms with E-state index in [0.717, 1.165) is 17.0 Å². The molecule has 0 radical (unpaired) electrons. The molecule has 1 atom stereocenters. The zero-order valence-corrected chi connectivity index (χ0v) is 11.6. The topological polar surface area (TPSA) is 71.3 Å². The highest BCUT2D eigenvalue weighted by molar-refractivity contribution is 7.07. The molecule has 1 aromatic heterocycles. The summed E-state index contributed by atoms with van der Waals surface area (Å²) in [5.41, 5.74) is 0.785. The Morgan fingerprint density at radius 2 is 2.20 bits per heavy atom. The lowest BCUT2D eigenvalue weighted by Gasteiger charge is -2.15. The second-order valence-electron chi connectivity index (χ2n) is 4.26. The first-order valence-electron chi connectivity index (χ1n) is 5.88. The van der Waals surface area contributed by atoms with Crippen LogP contribution in [0.5, 0.6) is 0 Å². The molecule has 1 unspecified atom stereocenters. The lowest BCUT2D eigenvalue weighted by molar-refractivity contribution is -0.201. The quantitative estimate of drug-likeness (QED) is 0.824. The highest BCUT2D eigenvalue weighted by Gasteiger charge is 2.38. The summed E-state index contributed by atoms with van der Waals surface area (Å²) in [5, 5.41) is 12.4. The number of carbonyl (C=O) groups is 1. The smallest absolute Gasteiger partial charge is 0.382 e. The van der Waals surface area contributed by atoms with Crippen molar-refractivity contribution in [1.29, 1.82) is 0 Å². The number of halogens is 3. The van der Waals surface area contributed by atoms with Crippen LogP contribution >= 0.6 is 11.3 Å². The molecule has 0 fully saturated rings. The third-order valence-electron chi connectivity index (χ3n) is 2.63. The first-order chi connectivity index (χ1) is 9.21. The van der Waals surface area contributed by atoms with E-state index in [0.29, 0.717) is 13.0 Å². The standard InChI is InChI=1S/C11H15F3N2O3S/c1-7-6-20-10(19)16(7)4-2-3-9(18)15-5-8(17)11(12,13)14/h6,8,17H,2-5H2,1H3,(H,15,18). The van der Waals surface area contributed by atoms with Crippen LogP contribution in [-0.4, -0.2) is 34.4 Å². The van der Waals surface area contributed by atoms with Gasteiger partial charge in [-0.3, -0.25) is 9.59 Å². The van der Waals surface area contributed by atoms with E-state index in [1.54, 1.807) is 12.3 Å². The maximum atomic E-state index is 12.0. The number of carbonyl (C=O) groups excluding carboxylic acids is 1. The first kappa shape index (κ1) is 16.7. The van der Waals surface area contributed by atoms with Crippen LogP contribution in [0.2, 0.25) is 0 Å². The molecule has 0 saturated heterocycles. The number of nitrogens with one attached hydrogen (secondary N) is 1. The van der Waals surface area contributed by atoms with Crippen LogP contribution < -0.4 is 10.2 Å². The first-order valence-corrected chi connectivity index (χ1v) is 6.76. The summed E-state index contributed by atoms with van der Waals surface area (Å²) in [5.74, 6) is -0.589. The van der Waals surface area contributed by atoms with Crippen LogP contribution in [-0.2, 0) is 11.3 Å². The molecule has 0 aliphatic rings. The van der Waals surface area contributed by atoms with Crippen molar-refractivity contribution < 1.29 is 23.1 Å². The van der Waals surface area contributed by atoms with Gasteiger partial charge in [0.25, 0.3) is 0 Å². The minimum Gasteiger partial charge on any atom is -0.382 e. The number of rotatable bonds is 6. The van der Waals surface area contributed by atoms with Gasteiger partial charge in [0.1, 0.15) is 0 Å². The van der Waals surface area contributed by atoms with Crippen molar-refractivity contribution in [3.8, 4) is 0 Å². The maximum Gasteiger partial charge on any atom is 0.416 e. The van der Waals surface area contributed by atoms with Crippen molar-refractivity contribution in [3.05, 3.63) is 20.7 Å². The van der Waals surface area contributed by atoms with E-state index in [-0.39, 0.29) is 11.3 Å². The highest BCUT2D eigenvalue weighted by atomic mass is 32.1. The molecular formula is C11H15F3N2O3S. The van der Waals surface area contributed by atoms with Crippen molar-refractivity contribution in [2.24, 2.45) is 0 Å².